The Labute approximate surface area is 123 Å². The summed E-state index contributed by atoms with van der Waals surface area (Å²) in [6, 6.07) is -1.22. The molecule has 2 saturated heterocycles. The van der Waals surface area contributed by atoms with Crippen molar-refractivity contribution in [2.45, 2.75) is 31.4 Å². The molecule has 3 amide bonds. The summed E-state index contributed by atoms with van der Waals surface area (Å²) in [6.45, 7) is 1.77. The van der Waals surface area contributed by atoms with Crippen molar-refractivity contribution in [3.05, 3.63) is 0 Å². The molecule has 0 aromatic carbocycles. The first-order chi connectivity index (χ1) is 10.0. The Kier molecular flexibility index (Phi) is 5.00. The number of hydrogen-bond donors (Lipinski definition) is 2. The average molecular weight is 299 g/mol. The summed E-state index contributed by atoms with van der Waals surface area (Å²) in [4.78, 5) is 38.3. The molecule has 2 N–H and O–H groups in total. The highest BCUT2D eigenvalue weighted by Crippen LogP contribution is 2.17. The second kappa shape index (κ2) is 6.75. The Morgan fingerprint density at radius 2 is 2.19 bits per heavy atom. The van der Waals surface area contributed by atoms with E-state index in [1.807, 2.05) is 0 Å². The number of amides is 3. The molecule has 2 fully saturated rings. The van der Waals surface area contributed by atoms with E-state index >= 15 is 0 Å². The van der Waals surface area contributed by atoms with Crippen LogP contribution in [0.2, 0.25) is 0 Å². The van der Waals surface area contributed by atoms with Crippen LogP contribution < -0.4 is 5.32 Å². The van der Waals surface area contributed by atoms with E-state index in [0.29, 0.717) is 26.2 Å². The standard InChI is InChI=1S/C13H21N3O5/c1-21-9-3-2-5-15(8-9)13(20)16-6-4-14-12(19)10(16)7-11(17)18/h9-10H,2-8H2,1H3,(H,14,19)(H,17,18). The van der Waals surface area contributed by atoms with Gasteiger partial charge in [0.05, 0.1) is 12.5 Å². The van der Waals surface area contributed by atoms with E-state index in [0.717, 1.165) is 12.8 Å². The van der Waals surface area contributed by atoms with Crippen molar-refractivity contribution in [3.63, 3.8) is 0 Å². The fourth-order valence-corrected chi connectivity index (χ4v) is 2.80. The van der Waals surface area contributed by atoms with Crippen LogP contribution in [0.25, 0.3) is 0 Å². The largest absolute Gasteiger partial charge is 0.481 e. The van der Waals surface area contributed by atoms with Gasteiger partial charge in [-0.2, -0.15) is 0 Å². The van der Waals surface area contributed by atoms with Gasteiger partial charge in [0.2, 0.25) is 5.91 Å². The smallest absolute Gasteiger partial charge is 0.320 e. The SMILES string of the molecule is COC1CCCN(C(=O)N2CCNC(=O)C2CC(=O)O)C1. The third-order valence-electron chi connectivity index (χ3n) is 3.93. The van der Waals surface area contributed by atoms with Gasteiger partial charge in [0.15, 0.2) is 0 Å². The molecule has 2 rings (SSSR count). The van der Waals surface area contributed by atoms with Crippen LogP contribution in [0.3, 0.4) is 0 Å². The number of piperazine rings is 1. The molecule has 2 aliphatic heterocycles. The topological polar surface area (TPSA) is 99.2 Å². The predicted molar refractivity (Wildman–Crippen MR) is 72.8 cm³/mol. The van der Waals surface area contributed by atoms with Crippen LogP contribution in [0.15, 0.2) is 0 Å². The van der Waals surface area contributed by atoms with Crippen LogP contribution >= 0.6 is 0 Å². The maximum atomic E-state index is 12.6. The van der Waals surface area contributed by atoms with E-state index in [4.69, 9.17) is 9.84 Å². The van der Waals surface area contributed by atoms with Crippen molar-refractivity contribution in [1.29, 1.82) is 0 Å². The summed E-state index contributed by atoms with van der Waals surface area (Å²) in [5.74, 6) is -1.50. The second-order valence-corrected chi connectivity index (χ2v) is 5.33. The lowest BCUT2D eigenvalue weighted by atomic mass is 10.1. The maximum absolute atomic E-state index is 12.6. The van der Waals surface area contributed by atoms with Gasteiger partial charge in [-0.1, -0.05) is 0 Å². The molecule has 0 spiro atoms. The number of rotatable bonds is 3. The van der Waals surface area contributed by atoms with Crippen LogP contribution in [0.4, 0.5) is 4.79 Å². The van der Waals surface area contributed by atoms with Gasteiger partial charge < -0.3 is 25.0 Å². The summed E-state index contributed by atoms with van der Waals surface area (Å²) in [6.07, 6.45) is 1.37. The number of ether oxygens (including phenoxy) is 1. The molecule has 2 unspecified atom stereocenters. The van der Waals surface area contributed by atoms with Crippen molar-refractivity contribution < 1.29 is 24.2 Å². The van der Waals surface area contributed by atoms with Gasteiger partial charge in [-0.25, -0.2) is 4.79 Å². The summed E-state index contributed by atoms with van der Waals surface area (Å²) >= 11 is 0. The first-order valence-electron chi connectivity index (χ1n) is 7.10. The zero-order chi connectivity index (χ0) is 15.4. The Morgan fingerprint density at radius 3 is 2.86 bits per heavy atom. The fraction of sp³-hybridized carbons (Fsp3) is 0.769. The van der Waals surface area contributed by atoms with Gasteiger partial charge in [0.1, 0.15) is 6.04 Å². The number of methoxy groups -OCH3 is 1. The summed E-state index contributed by atoms with van der Waals surface area (Å²) in [7, 11) is 1.61. The van der Waals surface area contributed by atoms with Crippen LogP contribution in [-0.2, 0) is 14.3 Å². The number of urea groups is 1. The molecular weight excluding hydrogens is 278 g/mol. The molecule has 0 aromatic heterocycles. The number of carboxylic acids is 1. The molecule has 0 aliphatic carbocycles. The third kappa shape index (κ3) is 3.63. The number of nitrogens with one attached hydrogen (secondary N) is 1. The molecule has 2 aliphatic rings. The van der Waals surface area contributed by atoms with E-state index in [1.165, 1.54) is 4.90 Å². The molecule has 8 nitrogen and oxygen atoms in total. The van der Waals surface area contributed by atoms with Crippen LogP contribution in [0.5, 0.6) is 0 Å². The van der Waals surface area contributed by atoms with E-state index < -0.39 is 17.9 Å². The number of carbonyl (C=O) groups excluding carboxylic acids is 2. The molecule has 0 aromatic rings. The molecule has 0 saturated carbocycles. The van der Waals surface area contributed by atoms with E-state index in [1.54, 1.807) is 12.0 Å². The van der Waals surface area contributed by atoms with Crippen molar-refractivity contribution in [1.82, 2.24) is 15.1 Å². The number of nitrogens with zero attached hydrogens (tertiary/aromatic N) is 2. The van der Waals surface area contributed by atoms with Crippen LogP contribution in [-0.4, -0.2) is 78.2 Å². The van der Waals surface area contributed by atoms with Crippen molar-refractivity contribution >= 4 is 17.9 Å². The molecule has 8 heteroatoms. The molecule has 0 radical (unpaired) electrons. The minimum Gasteiger partial charge on any atom is -0.481 e. The number of aliphatic carboxylic acids is 1. The van der Waals surface area contributed by atoms with Crippen LogP contribution in [0, 0.1) is 0 Å². The van der Waals surface area contributed by atoms with Crippen LogP contribution in [0.1, 0.15) is 19.3 Å². The second-order valence-electron chi connectivity index (χ2n) is 5.33. The van der Waals surface area contributed by atoms with Crippen molar-refractivity contribution in [2.75, 3.05) is 33.3 Å². The molecule has 21 heavy (non-hydrogen) atoms. The van der Waals surface area contributed by atoms with Gasteiger partial charge in [-0.05, 0) is 12.8 Å². The quantitative estimate of drug-likeness (QED) is 0.731. The highest BCUT2D eigenvalue weighted by atomic mass is 16.5. The van der Waals surface area contributed by atoms with Crippen molar-refractivity contribution in [2.24, 2.45) is 0 Å². The number of carboxylic acid groups (broad SMARTS) is 1. The summed E-state index contributed by atoms with van der Waals surface area (Å²) in [5, 5.41) is 11.5. The Bertz CT molecular complexity index is 428. The molecule has 2 heterocycles. The number of hydrogen-bond acceptors (Lipinski definition) is 4. The number of carbonyl (C=O) groups is 3. The zero-order valence-electron chi connectivity index (χ0n) is 12.1. The van der Waals surface area contributed by atoms with Gasteiger partial charge in [-0.3, -0.25) is 9.59 Å². The fourth-order valence-electron chi connectivity index (χ4n) is 2.80. The first-order valence-corrected chi connectivity index (χ1v) is 7.10. The number of piperidine rings is 1. The lowest BCUT2D eigenvalue weighted by molar-refractivity contribution is -0.142. The zero-order valence-corrected chi connectivity index (χ0v) is 12.1. The highest BCUT2D eigenvalue weighted by Gasteiger charge is 2.37. The summed E-state index contributed by atoms with van der Waals surface area (Å²) in [5.41, 5.74) is 0. The van der Waals surface area contributed by atoms with E-state index in [-0.39, 0.29) is 18.6 Å². The first kappa shape index (κ1) is 15.6. The predicted octanol–water partition coefficient (Wildman–Crippen LogP) is -0.508. The molecule has 2 atom stereocenters. The minimum atomic E-state index is -1.09. The van der Waals surface area contributed by atoms with E-state index in [2.05, 4.69) is 5.32 Å². The minimum absolute atomic E-state index is 0.000703. The Morgan fingerprint density at radius 1 is 1.43 bits per heavy atom. The Hall–Kier alpha value is -1.83. The molecule has 0 bridgehead atoms. The van der Waals surface area contributed by atoms with Gasteiger partial charge in [0, 0.05) is 33.3 Å². The summed E-state index contributed by atoms with van der Waals surface area (Å²) < 4.78 is 5.29. The normalized spacial score (nSPS) is 26.4. The molecular formula is C13H21N3O5. The van der Waals surface area contributed by atoms with E-state index in [9.17, 15) is 14.4 Å². The van der Waals surface area contributed by atoms with Gasteiger partial charge >= 0.3 is 12.0 Å². The monoisotopic (exact) mass is 299 g/mol. The third-order valence-corrected chi connectivity index (χ3v) is 3.93. The van der Waals surface area contributed by atoms with Gasteiger partial charge in [0.25, 0.3) is 0 Å². The lowest BCUT2D eigenvalue weighted by Crippen LogP contribution is -2.61. The van der Waals surface area contributed by atoms with Crippen molar-refractivity contribution in [3.8, 4) is 0 Å². The lowest BCUT2D eigenvalue weighted by Gasteiger charge is -2.40. The highest BCUT2D eigenvalue weighted by molar-refractivity contribution is 5.91. The number of likely N-dealkylation sites (tertiary alicyclic amines) is 1. The maximum Gasteiger partial charge on any atom is 0.320 e. The van der Waals surface area contributed by atoms with Gasteiger partial charge in [-0.15, -0.1) is 0 Å². The Balaban J connectivity index is 2.07. The molecule has 118 valence electrons. The average Bonchev–Trinajstić information content (AvgIpc) is 2.48.